The molecule has 0 aromatic rings. The lowest BCUT2D eigenvalue weighted by Crippen LogP contribution is -2.46. The van der Waals surface area contributed by atoms with Crippen molar-refractivity contribution in [3.05, 3.63) is 0 Å². The molecule has 0 saturated carbocycles. The van der Waals surface area contributed by atoms with E-state index in [1.165, 1.54) is 0 Å². The Morgan fingerprint density at radius 1 is 0.815 bits per heavy atom. The zero-order valence-electron chi connectivity index (χ0n) is 18.5. The highest BCUT2D eigenvalue weighted by atomic mass is 16.9. The van der Waals surface area contributed by atoms with Crippen LogP contribution in [0, 0.1) is 5.92 Å². The minimum Gasteiger partial charge on any atom is -0.375 e. The second-order valence-electron chi connectivity index (χ2n) is 7.37. The third-order valence-corrected chi connectivity index (χ3v) is 5.03. The maximum atomic E-state index is 6.04. The lowest BCUT2D eigenvalue weighted by atomic mass is 9.93. The van der Waals surface area contributed by atoms with E-state index in [0.717, 1.165) is 64.6 Å². The molecule has 0 bridgehead atoms. The van der Waals surface area contributed by atoms with Crippen molar-refractivity contribution >= 4 is 0 Å². The quantitative estimate of drug-likeness (QED) is 0.170. The van der Waals surface area contributed by atoms with Crippen LogP contribution in [0.25, 0.3) is 0 Å². The van der Waals surface area contributed by atoms with Gasteiger partial charge in [-0.2, -0.15) is 0 Å². The lowest BCUT2D eigenvalue weighted by molar-refractivity contribution is -0.403. The van der Waals surface area contributed by atoms with Crippen molar-refractivity contribution in [2.75, 3.05) is 33.0 Å². The fraction of sp³-hybridized carbons (Fsp3) is 1.00. The SMILES string of the molecule is CCCC(CCCCC(CCC)C(OCC)(OCC)OCC)OCC1CO1. The Bertz CT molecular complexity index is 329. The molecular formula is C22H44O5. The summed E-state index contributed by atoms with van der Waals surface area (Å²) >= 11 is 0. The number of ether oxygens (including phenoxy) is 5. The highest BCUT2D eigenvalue weighted by Crippen LogP contribution is 2.34. The summed E-state index contributed by atoms with van der Waals surface area (Å²) in [6, 6.07) is 0. The first-order chi connectivity index (χ1) is 13.2. The van der Waals surface area contributed by atoms with Crippen molar-refractivity contribution in [3.8, 4) is 0 Å². The van der Waals surface area contributed by atoms with Gasteiger partial charge < -0.3 is 23.7 Å². The van der Waals surface area contributed by atoms with Crippen LogP contribution in [0.15, 0.2) is 0 Å². The van der Waals surface area contributed by atoms with Gasteiger partial charge in [0.15, 0.2) is 0 Å². The largest absolute Gasteiger partial charge is 0.375 e. The lowest BCUT2D eigenvalue weighted by Gasteiger charge is -2.39. The molecule has 0 aromatic heterocycles. The Balaban J connectivity index is 2.51. The number of hydrogen-bond donors (Lipinski definition) is 0. The van der Waals surface area contributed by atoms with Crippen molar-refractivity contribution in [2.24, 2.45) is 5.92 Å². The normalized spacial score (nSPS) is 19.2. The van der Waals surface area contributed by atoms with E-state index in [1.54, 1.807) is 0 Å². The van der Waals surface area contributed by atoms with Crippen LogP contribution >= 0.6 is 0 Å². The molecule has 0 aromatic carbocycles. The van der Waals surface area contributed by atoms with Crippen molar-refractivity contribution in [1.29, 1.82) is 0 Å². The summed E-state index contributed by atoms with van der Waals surface area (Å²) in [5, 5.41) is 0. The molecule has 0 spiro atoms. The van der Waals surface area contributed by atoms with Gasteiger partial charge in [0.25, 0.3) is 5.97 Å². The summed E-state index contributed by atoms with van der Waals surface area (Å²) < 4.78 is 29.4. The third-order valence-electron chi connectivity index (χ3n) is 5.03. The van der Waals surface area contributed by atoms with Crippen LogP contribution in [0.3, 0.4) is 0 Å². The van der Waals surface area contributed by atoms with Crippen molar-refractivity contribution < 1.29 is 23.7 Å². The van der Waals surface area contributed by atoms with Gasteiger partial charge in [-0.05, 0) is 46.5 Å². The van der Waals surface area contributed by atoms with Gasteiger partial charge in [-0.15, -0.1) is 0 Å². The van der Waals surface area contributed by atoms with E-state index in [-0.39, 0.29) is 5.92 Å². The molecule has 1 aliphatic rings. The van der Waals surface area contributed by atoms with Gasteiger partial charge in [0.1, 0.15) is 6.10 Å². The molecule has 0 amide bonds. The highest BCUT2D eigenvalue weighted by molar-refractivity contribution is 4.73. The first kappa shape index (κ1) is 24.8. The monoisotopic (exact) mass is 388 g/mol. The summed E-state index contributed by atoms with van der Waals surface area (Å²) in [5.41, 5.74) is 0. The van der Waals surface area contributed by atoms with Gasteiger partial charge in [-0.1, -0.05) is 39.5 Å². The average Bonchev–Trinajstić information content (AvgIpc) is 3.47. The first-order valence-corrected chi connectivity index (χ1v) is 11.3. The molecule has 1 fully saturated rings. The second-order valence-corrected chi connectivity index (χ2v) is 7.37. The maximum Gasteiger partial charge on any atom is 0.285 e. The summed E-state index contributed by atoms with van der Waals surface area (Å²) in [5.74, 6) is -0.635. The molecule has 1 saturated heterocycles. The van der Waals surface area contributed by atoms with Gasteiger partial charge in [0, 0.05) is 25.7 Å². The number of epoxide rings is 1. The fourth-order valence-electron chi connectivity index (χ4n) is 3.73. The van der Waals surface area contributed by atoms with Crippen molar-refractivity contribution in [1.82, 2.24) is 0 Å². The topological polar surface area (TPSA) is 49.5 Å². The number of unbranched alkanes of at least 4 members (excludes halogenated alkanes) is 1. The predicted octanol–water partition coefficient (Wildman–Crippen LogP) is 5.31. The van der Waals surface area contributed by atoms with Gasteiger partial charge in [0.05, 0.1) is 19.3 Å². The van der Waals surface area contributed by atoms with Gasteiger partial charge >= 0.3 is 0 Å². The molecule has 162 valence electrons. The predicted molar refractivity (Wildman–Crippen MR) is 109 cm³/mol. The molecule has 0 N–H and O–H groups in total. The molecular weight excluding hydrogens is 344 g/mol. The van der Waals surface area contributed by atoms with Crippen molar-refractivity contribution in [3.63, 3.8) is 0 Å². The van der Waals surface area contributed by atoms with E-state index in [9.17, 15) is 0 Å². The Kier molecular flexibility index (Phi) is 13.6. The van der Waals surface area contributed by atoms with Crippen LogP contribution < -0.4 is 0 Å². The number of rotatable bonds is 19. The molecule has 3 unspecified atom stereocenters. The molecule has 1 aliphatic heterocycles. The summed E-state index contributed by atoms with van der Waals surface area (Å²) in [6.07, 6.45) is 9.63. The maximum absolute atomic E-state index is 6.04. The van der Waals surface area contributed by atoms with Gasteiger partial charge in [-0.25, -0.2) is 0 Å². The average molecular weight is 389 g/mol. The van der Waals surface area contributed by atoms with Gasteiger partial charge in [0.2, 0.25) is 0 Å². The van der Waals surface area contributed by atoms with E-state index in [0.29, 0.717) is 32.0 Å². The van der Waals surface area contributed by atoms with E-state index < -0.39 is 5.97 Å². The first-order valence-electron chi connectivity index (χ1n) is 11.3. The Labute approximate surface area is 167 Å². The minimum absolute atomic E-state index is 0.257. The van der Waals surface area contributed by atoms with Crippen LogP contribution in [-0.2, 0) is 23.7 Å². The molecule has 1 rings (SSSR count). The molecule has 5 heteroatoms. The van der Waals surface area contributed by atoms with E-state index >= 15 is 0 Å². The summed E-state index contributed by atoms with van der Waals surface area (Å²) in [6.45, 7) is 13.9. The van der Waals surface area contributed by atoms with Crippen LogP contribution in [0.2, 0.25) is 0 Å². The van der Waals surface area contributed by atoms with Crippen LogP contribution in [0.1, 0.15) is 86.0 Å². The smallest absolute Gasteiger partial charge is 0.285 e. The Morgan fingerprint density at radius 3 is 1.85 bits per heavy atom. The summed E-state index contributed by atoms with van der Waals surface area (Å²) in [7, 11) is 0. The molecule has 0 radical (unpaired) electrons. The second kappa shape index (κ2) is 14.7. The van der Waals surface area contributed by atoms with Crippen LogP contribution in [0.4, 0.5) is 0 Å². The molecule has 1 heterocycles. The van der Waals surface area contributed by atoms with E-state index in [4.69, 9.17) is 23.7 Å². The van der Waals surface area contributed by atoms with E-state index in [2.05, 4.69) is 13.8 Å². The molecule has 5 nitrogen and oxygen atoms in total. The van der Waals surface area contributed by atoms with Crippen LogP contribution in [0.5, 0.6) is 0 Å². The minimum atomic E-state index is -0.892. The number of hydrogen-bond acceptors (Lipinski definition) is 5. The Hall–Kier alpha value is -0.200. The molecule has 3 atom stereocenters. The molecule has 27 heavy (non-hydrogen) atoms. The Morgan fingerprint density at radius 2 is 1.37 bits per heavy atom. The zero-order chi connectivity index (χ0) is 20.0. The molecule has 0 aliphatic carbocycles. The third kappa shape index (κ3) is 9.71. The van der Waals surface area contributed by atoms with Crippen LogP contribution in [-0.4, -0.2) is 51.2 Å². The van der Waals surface area contributed by atoms with E-state index in [1.807, 2.05) is 20.8 Å². The summed E-state index contributed by atoms with van der Waals surface area (Å²) in [4.78, 5) is 0. The standard InChI is InChI=1S/C22H44O5/c1-6-13-19(22(25-8-3,26-9-4)27-10-5)15-11-12-16-20(14-7-2)23-17-21-18-24-21/h19-21H,6-18H2,1-5H3. The highest BCUT2D eigenvalue weighted by Gasteiger charge is 2.41. The van der Waals surface area contributed by atoms with Crippen molar-refractivity contribution in [2.45, 2.75) is 104 Å². The fourth-order valence-corrected chi connectivity index (χ4v) is 3.73. The van der Waals surface area contributed by atoms with Gasteiger partial charge in [-0.3, -0.25) is 0 Å². The zero-order valence-corrected chi connectivity index (χ0v) is 18.5.